The molecule has 2 aromatic rings. The van der Waals surface area contributed by atoms with Crippen LogP contribution in [0.25, 0.3) is 5.69 Å². The quantitative estimate of drug-likeness (QED) is 0.677. The second-order valence-electron chi connectivity index (χ2n) is 5.02. The predicted octanol–water partition coefficient (Wildman–Crippen LogP) is 4.31. The normalized spacial score (nSPS) is 12.6. The molecule has 0 bridgehead atoms. The average molecular weight is 434 g/mol. The zero-order valence-corrected chi connectivity index (χ0v) is 13.6. The number of hydrogen-bond donors (Lipinski definition) is 0. The Hall–Kier alpha value is -2.88. The molecule has 1 heterocycles. The Morgan fingerprint density at radius 1 is 1.07 bits per heavy atom. The van der Waals surface area contributed by atoms with Crippen molar-refractivity contribution in [1.29, 1.82) is 5.26 Å². The van der Waals surface area contributed by atoms with Crippen LogP contribution < -0.4 is 10.3 Å². The first-order chi connectivity index (χ1) is 12.7. The van der Waals surface area contributed by atoms with E-state index in [1.807, 2.05) is 0 Å². The van der Waals surface area contributed by atoms with Crippen LogP contribution in [-0.4, -0.2) is 22.1 Å². The first kappa shape index (κ1) is 21.4. The molecule has 0 amide bonds. The van der Waals surface area contributed by atoms with Gasteiger partial charge >= 0.3 is 18.5 Å². The largest absolute Gasteiger partial charge is 0.573 e. The second-order valence-corrected chi connectivity index (χ2v) is 5.42. The van der Waals surface area contributed by atoms with Crippen molar-refractivity contribution < 1.29 is 39.9 Å². The van der Waals surface area contributed by atoms with Gasteiger partial charge in [-0.05, 0) is 0 Å². The van der Waals surface area contributed by atoms with Crippen molar-refractivity contribution in [2.24, 2.45) is 0 Å². The van der Waals surface area contributed by atoms with Crippen LogP contribution >= 0.6 is 11.6 Å². The molecule has 0 atom stereocenters. The van der Waals surface area contributed by atoms with Crippen LogP contribution in [-0.2, 0) is 5.92 Å². The van der Waals surface area contributed by atoms with Gasteiger partial charge < -0.3 is 4.74 Å². The van der Waals surface area contributed by atoms with E-state index in [4.69, 9.17) is 16.9 Å². The van der Waals surface area contributed by atoms with Gasteiger partial charge in [0.2, 0.25) is 0 Å². The molecule has 1 aromatic heterocycles. The first-order valence-electron chi connectivity index (χ1n) is 6.71. The minimum Gasteiger partial charge on any atom is -0.406 e. The van der Waals surface area contributed by atoms with Crippen molar-refractivity contribution in [1.82, 2.24) is 9.55 Å². The molecule has 0 saturated carbocycles. The molecular formula is C14H4ClF8N3O2. The van der Waals surface area contributed by atoms with E-state index in [2.05, 4.69) is 9.72 Å². The number of alkyl halides is 8. The maximum Gasteiger partial charge on any atom is 0.573 e. The van der Waals surface area contributed by atoms with Crippen LogP contribution in [0, 0.1) is 11.3 Å². The number of ether oxygens (including phenoxy) is 1. The summed E-state index contributed by atoms with van der Waals surface area (Å²) in [6.45, 7) is 0. The van der Waals surface area contributed by atoms with Gasteiger partial charge in [0.1, 0.15) is 23.8 Å². The van der Waals surface area contributed by atoms with Crippen molar-refractivity contribution in [3.63, 3.8) is 0 Å². The highest BCUT2D eigenvalue weighted by atomic mass is 35.5. The molecule has 0 unspecified atom stereocenters. The Labute approximate surface area is 154 Å². The van der Waals surface area contributed by atoms with E-state index in [0.717, 1.165) is 0 Å². The molecule has 0 fully saturated rings. The number of halogens is 9. The number of nitriles is 1. The van der Waals surface area contributed by atoms with Crippen LogP contribution in [0.3, 0.4) is 0 Å². The summed E-state index contributed by atoms with van der Waals surface area (Å²) < 4.78 is 104. The van der Waals surface area contributed by atoms with Gasteiger partial charge in [-0.25, -0.2) is 4.98 Å². The summed E-state index contributed by atoms with van der Waals surface area (Å²) in [6.07, 6.45) is -10.9. The van der Waals surface area contributed by atoms with E-state index in [0.29, 0.717) is 16.7 Å². The predicted molar refractivity (Wildman–Crippen MR) is 76.2 cm³/mol. The van der Waals surface area contributed by atoms with Gasteiger partial charge in [0.15, 0.2) is 0 Å². The Bertz CT molecular complexity index is 1010. The highest BCUT2D eigenvalue weighted by Crippen LogP contribution is 2.42. The van der Waals surface area contributed by atoms with E-state index in [1.54, 1.807) is 0 Å². The average Bonchev–Trinajstić information content (AvgIpc) is 2.52. The molecule has 1 aromatic carbocycles. The van der Waals surface area contributed by atoms with Crippen LogP contribution in [0.1, 0.15) is 11.3 Å². The van der Waals surface area contributed by atoms with Crippen molar-refractivity contribution in [2.45, 2.75) is 18.5 Å². The van der Waals surface area contributed by atoms with Crippen molar-refractivity contribution in [2.75, 3.05) is 0 Å². The highest BCUT2D eigenvalue weighted by Gasteiger charge is 2.60. The second kappa shape index (κ2) is 6.93. The number of rotatable bonds is 3. The van der Waals surface area contributed by atoms with Crippen LogP contribution in [0.5, 0.6) is 5.75 Å². The summed E-state index contributed by atoms with van der Waals surface area (Å²) in [5.74, 6) is -6.35. The van der Waals surface area contributed by atoms with E-state index in [9.17, 15) is 39.9 Å². The summed E-state index contributed by atoms with van der Waals surface area (Å²) in [6, 6.07) is 2.38. The van der Waals surface area contributed by atoms with E-state index in [-0.39, 0.29) is 12.4 Å². The molecule has 2 rings (SSSR count). The summed E-state index contributed by atoms with van der Waals surface area (Å²) in [5.41, 5.74) is -4.64. The molecule has 5 nitrogen and oxygen atoms in total. The molecule has 150 valence electrons. The number of hydrogen-bond acceptors (Lipinski definition) is 4. The smallest absolute Gasteiger partial charge is 0.406 e. The standard InChI is InChI=1S/C14H4ClF8N3O2/c15-8-2-7(28-14(21,22)23)1-6(4-24)11(8)26-5-25-9(3-10(26)27)12(16,17)13(18,19)20/h1-3,5H. The zero-order valence-electron chi connectivity index (χ0n) is 12.9. The van der Waals surface area contributed by atoms with Crippen molar-refractivity contribution in [3.8, 4) is 17.5 Å². The van der Waals surface area contributed by atoms with Crippen molar-refractivity contribution in [3.05, 3.63) is 51.2 Å². The maximum atomic E-state index is 13.3. The minimum absolute atomic E-state index is 0.134. The SMILES string of the molecule is N#Cc1cc(OC(F)(F)F)cc(Cl)c1-n1cnc(C(F)(F)C(F)(F)F)cc1=O. The first-order valence-corrected chi connectivity index (χ1v) is 7.08. The fourth-order valence-electron chi connectivity index (χ4n) is 1.98. The molecule has 0 N–H and O–H groups in total. The summed E-state index contributed by atoms with van der Waals surface area (Å²) >= 11 is 5.74. The fraction of sp³-hybridized carbons (Fsp3) is 0.214. The third-order valence-electron chi connectivity index (χ3n) is 3.12. The van der Waals surface area contributed by atoms with Crippen LogP contribution in [0.15, 0.2) is 29.3 Å². The molecule has 14 heteroatoms. The molecule has 0 aliphatic rings. The van der Waals surface area contributed by atoms with Gasteiger partial charge in [-0.3, -0.25) is 9.36 Å². The molecule has 0 saturated heterocycles. The molecule has 0 aliphatic heterocycles. The Morgan fingerprint density at radius 2 is 1.68 bits per heavy atom. The van der Waals surface area contributed by atoms with Crippen LogP contribution in [0.4, 0.5) is 35.1 Å². The third-order valence-corrected chi connectivity index (χ3v) is 3.41. The number of aromatic nitrogens is 2. The summed E-state index contributed by atoms with van der Waals surface area (Å²) in [4.78, 5) is 14.9. The fourth-order valence-corrected chi connectivity index (χ4v) is 2.28. The summed E-state index contributed by atoms with van der Waals surface area (Å²) in [5, 5.41) is 8.40. The maximum absolute atomic E-state index is 13.3. The summed E-state index contributed by atoms with van der Waals surface area (Å²) in [7, 11) is 0. The third kappa shape index (κ3) is 4.16. The van der Waals surface area contributed by atoms with Gasteiger partial charge in [0.05, 0.1) is 16.3 Å². The van der Waals surface area contributed by atoms with E-state index >= 15 is 0 Å². The lowest BCUT2D eigenvalue weighted by Gasteiger charge is -2.19. The monoisotopic (exact) mass is 433 g/mol. The lowest BCUT2D eigenvalue weighted by Crippen LogP contribution is -2.36. The number of nitrogens with zero attached hydrogens (tertiary/aromatic N) is 3. The Morgan fingerprint density at radius 3 is 2.14 bits per heavy atom. The van der Waals surface area contributed by atoms with Gasteiger partial charge in [0, 0.05) is 18.2 Å². The van der Waals surface area contributed by atoms with E-state index < -0.39 is 51.7 Å². The lowest BCUT2D eigenvalue weighted by molar-refractivity contribution is -0.291. The molecule has 0 radical (unpaired) electrons. The Balaban J connectivity index is 2.61. The van der Waals surface area contributed by atoms with E-state index in [1.165, 1.54) is 6.07 Å². The minimum atomic E-state index is -6.02. The zero-order chi connectivity index (χ0) is 21.5. The lowest BCUT2D eigenvalue weighted by atomic mass is 10.1. The van der Waals surface area contributed by atoms with Crippen molar-refractivity contribution >= 4 is 11.6 Å². The number of benzene rings is 1. The molecular weight excluding hydrogens is 430 g/mol. The molecule has 0 aliphatic carbocycles. The highest BCUT2D eigenvalue weighted by molar-refractivity contribution is 6.32. The van der Waals surface area contributed by atoms with Gasteiger partial charge in [-0.1, -0.05) is 11.6 Å². The Kier molecular flexibility index (Phi) is 5.30. The van der Waals surface area contributed by atoms with Gasteiger partial charge in [-0.15, -0.1) is 13.2 Å². The molecule has 0 spiro atoms. The van der Waals surface area contributed by atoms with Gasteiger partial charge in [0.25, 0.3) is 5.56 Å². The van der Waals surface area contributed by atoms with Crippen LogP contribution in [0.2, 0.25) is 5.02 Å². The topological polar surface area (TPSA) is 67.9 Å². The van der Waals surface area contributed by atoms with Gasteiger partial charge in [-0.2, -0.15) is 27.2 Å². The molecule has 28 heavy (non-hydrogen) atoms.